The first-order valence-electron chi connectivity index (χ1n) is 10.7. The lowest BCUT2D eigenvalue weighted by Crippen LogP contribution is -2.44. The van der Waals surface area contributed by atoms with Gasteiger partial charge in [-0.2, -0.15) is 0 Å². The Morgan fingerprint density at radius 3 is 2.32 bits per heavy atom. The minimum Gasteiger partial charge on any atom is -0.496 e. The summed E-state index contributed by atoms with van der Waals surface area (Å²) < 4.78 is 22.8. The first kappa shape index (κ1) is 23.3. The molecule has 7 nitrogen and oxygen atoms in total. The molecule has 170 valence electrons. The Kier molecular flexibility index (Phi) is 8.15. The molecular weight excluding hydrogens is 400 g/mol. The zero-order chi connectivity index (χ0) is 22.4. The van der Waals surface area contributed by atoms with E-state index in [1.807, 2.05) is 44.2 Å². The first-order chi connectivity index (χ1) is 15.0. The van der Waals surface area contributed by atoms with E-state index in [9.17, 15) is 15.3 Å². The average Bonchev–Trinajstić information content (AvgIpc) is 2.78. The third-order valence-corrected chi connectivity index (χ3v) is 5.40. The van der Waals surface area contributed by atoms with Crippen molar-refractivity contribution in [3.05, 3.63) is 53.1 Å². The van der Waals surface area contributed by atoms with Crippen molar-refractivity contribution in [3.63, 3.8) is 0 Å². The third-order valence-electron chi connectivity index (χ3n) is 5.40. The van der Waals surface area contributed by atoms with Gasteiger partial charge in [0.05, 0.1) is 39.1 Å². The number of rotatable bonds is 9. The second kappa shape index (κ2) is 10.8. The summed E-state index contributed by atoms with van der Waals surface area (Å²) in [7, 11) is 1.60. The van der Waals surface area contributed by atoms with Crippen molar-refractivity contribution in [1.82, 2.24) is 0 Å². The molecule has 0 spiro atoms. The van der Waals surface area contributed by atoms with E-state index in [-0.39, 0.29) is 13.0 Å². The van der Waals surface area contributed by atoms with E-state index in [4.69, 9.17) is 18.9 Å². The van der Waals surface area contributed by atoms with Crippen LogP contribution in [-0.2, 0) is 11.2 Å². The van der Waals surface area contributed by atoms with Crippen LogP contribution in [0.15, 0.2) is 36.4 Å². The molecule has 3 rings (SSSR count). The molecule has 0 radical (unpaired) electrons. The van der Waals surface area contributed by atoms with Gasteiger partial charge in [-0.05, 0) is 43.2 Å². The molecule has 0 aliphatic carbocycles. The molecule has 3 N–H and O–H groups in total. The van der Waals surface area contributed by atoms with Crippen LogP contribution >= 0.6 is 0 Å². The van der Waals surface area contributed by atoms with Gasteiger partial charge in [-0.1, -0.05) is 12.1 Å². The average molecular weight is 433 g/mol. The Labute approximate surface area is 183 Å². The van der Waals surface area contributed by atoms with Crippen LogP contribution in [0.1, 0.15) is 43.1 Å². The van der Waals surface area contributed by atoms with Gasteiger partial charge in [0.15, 0.2) is 0 Å². The zero-order valence-corrected chi connectivity index (χ0v) is 18.3. The van der Waals surface area contributed by atoms with Gasteiger partial charge in [-0.15, -0.1) is 0 Å². The first-order valence-corrected chi connectivity index (χ1v) is 10.7. The molecule has 1 fully saturated rings. The minimum atomic E-state index is -1.13. The van der Waals surface area contributed by atoms with Crippen molar-refractivity contribution in [1.29, 1.82) is 0 Å². The molecule has 4 atom stereocenters. The summed E-state index contributed by atoms with van der Waals surface area (Å²) >= 11 is 0. The van der Waals surface area contributed by atoms with Crippen LogP contribution in [0.3, 0.4) is 0 Å². The quantitative estimate of drug-likeness (QED) is 0.560. The maximum absolute atomic E-state index is 10.6. The monoisotopic (exact) mass is 432 g/mol. The number of ether oxygens (including phenoxy) is 4. The van der Waals surface area contributed by atoms with Crippen molar-refractivity contribution in [2.24, 2.45) is 0 Å². The largest absolute Gasteiger partial charge is 0.496 e. The van der Waals surface area contributed by atoms with Crippen LogP contribution in [0.2, 0.25) is 0 Å². The van der Waals surface area contributed by atoms with Crippen LogP contribution in [0.25, 0.3) is 0 Å². The van der Waals surface area contributed by atoms with Crippen molar-refractivity contribution < 1.29 is 34.3 Å². The highest BCUT2D eigenvalue weighted by molar-refractivity contribution is 5.50. The molecule has 1 aliphatic rings. The van der Waals surface area contributed by atoms with Crippen molar-refractivity contribution in [2.45, 2.75) is 51.1 Å². The number of aliphatic hydroxyl groups excluding tert-OH is 3. The second-order valence-corrected chi connectivity index (χ2v) is 7.54. The molecule has 1 saturated heterocycles. The number of aliphatic hydroxyl groups is 3. The molecule has 31 heavy (non-hydrogen) atoms. The predicted molar refractivity (Wildman–Crippen MR) is 116 cm³/mol. The summed E-state index contributed by atoms with van der Waals surface area (Å²) in [6, 6.07) is 11.5. The van der Waals surface area contributed by atoms with Gasteiger partial charge in [0.2, 0.25) is 0 Å². The predicted octanol–water partition coefficient (Wildman–Crippen LogP) is 2.63. The van der Waals surface area contributed by atoms with Crippen LogP contribution in [-0.4, -0.2) is 60.6 Å². The summed E-state index contributed by atoms with van der Waals surface area (Å²) in [4.78, 5) is 0. The summed E-state index contributed by atoms with van der Waals surface area (Å²) in [5.41, 5.74) is 2.57. The van der Waals surface area contributed by atoms with Crippen molar-refractivity contribution >= 4 is 0 Å². The highest BCUT2D eigenvalue weighted by Crippen LogP contribution is 2.40. The third kappa shape index (κ3) is 5.49. The number of benzene rings is 2. The molecule has 2 aromatic carbocycles. The summed E-state index contributed by atoms with van der Waals surface area (Å²) in [6.45, 7) is 4.61. The van der Waals surface area contributed by atoms with Crippen LogP contribution in [0, 0.1) is 0 Å². The van der Waals surface area contributed by atoms with E-state index in [1.165, 1.54) is 0 Å². The van der Waals surface area contributed by atoms with Crippen LogP contribution in [0.4, 0.5) is 0 Å². The second-order valence-electron chi connectivity index (χ2n) is 7.54. The number of hydrogen-bond donors (Lipinski definition) is 3. The Hall–Kier alpha value is -2.32. The lowest BCUT2D eigenvalue weighted by Gasteiger charge is -2.37. The topological polar surface area (TPSA) is 97.6 Å². The van der Waals surface area contributed by atoms with Gasteiger partial charge in [-0.25, -0.2) is 0 Å². The standard InChI is InChI=1S/C24H32O7/c1-4-29-17-8-6-15(7-9-17)10-16-11-19(22(30-5-2)13-21(16)28-3)24-23(27)20(26)12-18(14-25)31-24/h6-9,11,13,18,20,23-27H,4-5,10,12,14H2,1-3H3/t18-,20-,23?,24-/m0/s1. The lowest BCUT2D eigenvalue weighted by molar-refractivity contribution is -0.180. The fourth-order valence-electron chi connectivity index (χ4n) is 3.87. The van der Waals surface area contributed by atoms with Gasteiger partial charge in [0.1, 0.15) is 29.5 Å². The van der Waals surface area contributed by atoms with E-state index in [0.717, 1.165) is 16.9 Å². The Morgan fingerprint density at radius 1 is 1.00 bits per heavy atom. The molecule has 2 aromatic rings. The minimum absolute atomic E-state index is 0.174. The fourth-order valence-corrected chi connectivity index (χ4v) is 3.87. The highest BCUT2D eigenvalue weighted by Gasteiger charge is 2.39. The molecule has 1 unspecified atom stereocenters. The molecule has 0 aromatic heterocycles. The number of methoxy groups -OCH3 is 1. The van der Waals surface area contributed by atoms with E-state index in [2.05, 4.69) is 0 Å². The fraction of sp³-hybridized carbons (Fsp3) is 0.500. The Balaban J connectivity index is 1.97. The zero-order valence-electron chi connectivity index (χ0n) is 18.3. The molecule has 7 heteroatoms. The molecule has 0 amide bonds. The van der Waals surface area contributed by atoms with Gasteiger partial charge >= 0.3 is 0 Å². The molecule has 1 aliphatic heterocycles. The Bertz CT molecular complexity index is 837. The van der Waals surface area contributed by atoms with E-state index >= 15 is 0 Å². The van der Waals surface area contributed by atoms with Gasteiger partial charge < -0.3 is 34.3 Å². The number of hydrogen-bond acceptors (Lipinski definition) is 7. The normalized spacial score (nSPS) is 23.4. The van der Waals surface area contributed by atoms with Gasteiger partial charge in [0.25, 0.3) is 0 Å². The SMILES string of the molecule is CCOc1ccc(Cc2cc([C@@H]3O[C@H](CO)C[C@H](O)C3O)c(OCC)cc2OC)cc1. The summed E-state index contributed by atoms with van der Waals surface area (Å²) in [6.07, 6.45) is -2.75. The summed E-state index contributed by atoms with van der Waals surface area (Å²) in [5, 5.41) is 30.5. The molecule has 0 saturated carbocycles. The Morgan fingerprint density at radius 2 is 1.71 bits per heavy atom. The molecule has 1 heterocycles. The van der Waals surface area contributed by atoms with E-state index in [0.29, 0.717) is 36.7 Å². The smallest absolute Gasteiger partial charge is 0.128 e. The van der Waals surface area contributed by atoms with Crippen molar-refractivity contribution in [2.75, 3.05) is 26.9 Å². The van der Waals surface area contributed by atoms with Crippen LogP contribution in [0.5, 0.6) is 17.2 Å². The van der Waals surface area contributed by atoms with Crippen molar-refractivity contribution in [3.8, 4) is 17.2 Å². The molecular formula is C24H32O7. The van der Waals surface area contributed by atoms with Crippen LogP contribution < -0.4 is 14.2 Å². The van der Waals surface area contributed by atoms with E-state index in [1.54, 1.807) is 13.2 Å². The maximum atomic E-state index is 10.6. The highest BCUT2D eigenvalue weighted by atomic mass is 16.5. The van der Waals surface area contributed by atoms with Gasteiger partial charge in [-0.3, -0.25) is 0 Å². The summed E-state index contributed by atoms with van der Waals surface area (Å²) in [5.74, 6) is 1.99. The van der Waals surface area contributed by atoms with Gasteiger partial charge in [0, 0.05) is 24.5 Å². The maximum Gasteiger partial charge on any atom is 0.128 e. The lowest BCUT2D eigenvalue weighted by atomic mass is 9.90. The molecule has 0 bridgehead atoms. The van der Waals surface area contributed by atoms with E-state index < -0.39 is 24.4 Å².